The molecule has 0 aliphatic rings. The summed E-state index contributed by atoms with van der Waals surface area (Å²) in [5, 5.41) is 0. The Kier molecular flexibility index (Phi) is 5.46. The van der Waals surface area contributed by atoms with Crippen molar-refractivity contribution in [2.45, 2.75) is 26.0 Å². The summed E-state index contributed by atoms with van der Waals surface area (Å²) < 4.78 is 5.20. The summed E-state index contributed by atoms with van der Waals surface area (Å²) in [6, 6.07) is 0.434. The maximum absolute atomic E-state index is 5.43. The molecule has 0 saturated heterocycles. The van der Waals surface area contributed by atoms with E-state index in [0.29, 0.717) is 12.6 Å². The fourth-order valence-electron chi connectivity index (χ4n) is 0.963. The second-order valence-electron chi connectivity index (χ2n) is 2.95. The molecule has 0 aliphatic carbocycles. The first-order valence-electron chi connectivity index (χ1n) is 4.06. The van der Waals surface area contributed by atoms with E-state index in [4.69, 9.17) is 10.5 Å². The summed E-state index contributed by atoms with van der Waals surface area (Å²) >= 11 is 0. The van der Waals surface area contributed by atoms with Gasteiger partial charge in [0, 0.05) is 26.2 Å². The Morgan fingerprint density at radius 1 is 1.45 bits per heavy atom. The number of nitrogens with zero attached hydrogens (tertiary/aromatic N) is 1. The summed E-state index contributed by atoms with van der Waals surface area (Å²) in [7, 11) is 3.80. The van der Waals surface area contributed by atoms with Crippen LogP contribution in [0.1, 0.15) is 13.8 Å². The van der Waals surface area contributed by atoms with Gasteiger partial charge in [-0.2, -0.15) is 0 Å². The van der Waals surface area contributed by atoms with Crippen molar-refractivity contribution < 1.29 is 4.74 Å². The Labute approximate surface area is 69.5 Å². The highest BCUT2D eigenvalue weighted by atomic mass is 16.5. The molecule has 11 heavy (non-hydrogen) atoms. The highest BCUT2D eigenvalue weighted by molar-refractivity contribution is 4.69. The van der Waals surface area contributed by atoms with Gasteiger partial charge in [-0.25, -0.2) is 0 Å². The molecule has 3 nitrogen and oxygen atoms in total. The Morgan fingerprint density at radius 3 is 2.36 bits per heavy atom. The van der Waals surface area contributed by atoms with Crippen molar-refractivity contribution in [2.75, 3.05) is 27.2 Å². The normalized spacial score (nSPS) is 16.9. The van der Waals surface area contributed by atoms with E-state index in [1.54, 1.807) is 7.11 Å². The van der Waals surface area contributed by atoms with Gasteiger partial charge in [-0.3, -0.25) is 4.90 Å². The Hall–Kier alpha value is -0.120. The summed E-state index contributed by atoms with van der Waals surface area (Å²) in [5.41, 5.74) is 5.43. The predicted molar refractivity (Wildman–Crippen MR) is 47.6 cm³/mol. The Bertz CT molecular complexity index is 98.1. The monoisotopic (exact) mass is 160 g/mol. The van der Waals surface area contributed by atoms with Crippen LogP contribution in [0.5, 0.6) is 0 Å². The van der Waals surface area contributed by atoms with Crippen molar-refractivity contribution in [3.05, 3.63) is 0 Å². The highest BCUT2D eigenvalue weighted by Gasteiger charge is 2.14. The molecule has 68 valence electrons. The zero-order valence-corrected chi connectivity index (χ0v) is 8.00. The third-order valence-electron chi connectivity index (χ3n) is 2.23. The standard InChI is InChI=1S/C8H20N2O/c1-7(8(2)11-4)10(3)6-5-9/h7-8H,5-6,9H2,1-4H3. The lowest BCUT2D eigenvalue weighted by Crippen LogP contribution is -2.40. The molecule has 2 N–H and O–H groups in total. The van der Waals surface area contributed by atoms with E-state index in [9.17, 15) is 0 Å². The van der Waals surface area contributed by atoms with Gasteiger partial charge in [-0.1, -0.05) is 0 Å². The third kappa shape index (κ3) is 3.70. The molecule has 0 bridgehead atoms. The maximum atomic E-state index is 5.43. The smallest absolute Gasteiger partial charge is 0.0695 e. The van der Waals surface area contributed by atoms with Crippen LogP contribution in [-0.4, -0.2) is 44.3 Å². The van der Waals surface area contributed by atoms with Gasteiger partial charge in [0.1, 0.15) is 0 Å². The summed E-state index contributed by atoms with van der Waals surface area (Å²) in [4.78, 5) is 2.20. The first kappa shape index (κ1) is 10.9. The van der Waals surface area contributed by atoms with Crippen molar-refractivity contribution in [2.24, 2.45) is 5.73 Å². The molecule has 2 atom stereocenters. The molecule has 0 aliphatic heterocycles. The Morgan fingerprint density at radius 2 is 2.00 bits per heavy atom. The average Bonchev–Trinajstić information content (AvgIpc) is 2.02. The number of nitrogens with two attached hydrogens (primary N) is 1. The van der Waals surface area contributed by atoms with Gasteiger partial charge in [0.25, 0.3) is 0 Å². The first-order valence-corrected chi connectivity index (χ1v) is 4.06. The maximum Gasteiger partial charge on any atom is 0.0695 e. The van der Waals surface area contributed by atoms with E-state index in [1.807, 2.05) is 0 Å². The molecule has 2 unspecified atom stereocenters. The van der Waals surface area contributed by atoms with Crippen molar-refractivity contribution in [3.63, 3.8) is 0 Å². The number of ether oxygens (including phenoxy) is 1. The van der Waals surface area contributed by atoms with E-state index in [1.165, 1.54) is 0 Å². The third-order valence-corrected chi connectivity index (χ3v) is 2.23. The lowest BCUT2D eigenvalue weighted by Gasteiger charge is -2.28. The van der Waals surface area contributed by atoms with E-state index in [0.717, 1.165) is 6.54 Å². The predicted octanol–water partition coefficient (Wildman–Crippen LogP) is 0.300. The van der Waals surface area contributed by atoms with Crippen LogP contribution in [0.25, 0.3) is 0 Å². The van der Waals surface area contributed by atoms with Crippen LogP contribution in [0, 0.1) is 0 Å². The molecule has 0 heterocycles. The van der Waals surface area contributed by atoms with Crippen molar-refractivity contribution in [1.29, 1.82) is 0 Å². The zero-order valence-electron chi connectivity index (χ0n) is 8.00. The summed E-state index contributed by atoms with van der Waals surface area (Å²) in [6.07, 6.45) is 0.270. The number of hydrogen-bond donors (Lipinski definition) is 1. The lowest BCUT2D eigenvalue weighted by molar-refractivity contribution is 0.0452. The molecule has 0 aromatic heterocycles. The van der Waals surface area contributed by atoms with Crippen LogP contribution in [0.15, 0.2) is 0 Å². The molecule has 0 fully saturated rings. The molecule has 0 amide bonds. The van der Waals surface area contributed by atoms with Crippen molar-refractivity contribution >= 4 is 0 Å². The Balaban J connectivity index is 3.70. The number of hydrogen-bond acceptors (Lipinski definition) is 3. The minimum Gasteiger partial charge on any atom is -0.380 e. The summed E-state index contributed by atoms with van der Waals surface area (Å²) in [6.45, 7) is 5.84. The second kappa shape index (κ2) is 5.52. The van der Waals surface area contributed by atoms with Crippen LogP contribution >= 0.6 is 0 Å². The molecule has 0 rings (SSSR count). The van der Waals surface area contributed by atoms with Crippen LogP contribution in [-0.2, 0) is 4.74 Å². The van der Waals surface area contributed by atoms with E-state index in [2.05, 4.69) is 25.8 Å². The summed E-state index contributed by atoms with van der Waals surface area (Å²) in [5.74, 6) is 0. The minimum absolute atomic E-state index is 0.270. The first-order chi connectivity index (χ1) is 5.13. The van der Waals surface area contributed by atoms with Gasteiger partial charge in [-0.05, 0) is 20.9 Å². The number of likely N-dealkylation sites (N-methyl/N-ethyl adjacent to an activating group) is 1. The molecular formula is C8H20N2O. The van der Waals surface area contributed by atoms with Crippen LogP contribution in [0.3, 0.4) is 0 Å². The molecule has 0 aromatic rings. The topological polar surface area (TPSA) is 38.5 Å². The van der Waals surface area contributed by atoms with E-state index in [-0.39, 0.29) is 6.10 Å². The molecule has 0 radical (unpaired) electrons. The molecule has 0 saturated carbocycles. The molecule has 0 aromatic carbocycles. The van der Waals surface area contributed by atoms with Crippen molar-refractivity contribution in [3.8, 4) is 0 Å². The average molecular weight is 160 g/mol. The van der Waals surface area contributed by atoms with Crippen molar-refractivity contribution in [1.82, 2.24) is 4.90 Å². The van der Waals surface area contributed by atoms with E-state index < -0.39 is 0 Å². The highest BCUT2D eigenvalue weighted by Crippen LogP contribution is 2.03. The van der Waals surface area contributed by atoms with Gasteiger partial charge in [0.05, 0.1) is 6.10 Å². The number of methoxy groups -OCH3 is 1. The minimum atomic E-state index is 0.270. The van der Waals surface area contributed by atoms with E-state index >= 15 is 0 Å². The number of rotatable bonds is 5. The van der Waals surface area contributed by atoms with Gasteiger partial charge in [-0.15, -0.1) is 0 Å². The zero-order chi connectivity index (χ0) is 8.85. The van der Waals surface area contributed by atoms with Gasteiger partial charge in [0.15, 0.2) is 0 Å². The SMILES string of the molecule is COC(C)C(C)N(C)CCN. The quantitative estimate of drug-likeness (QED) is 0.628. The van der Waals surface area contributed by atoms with Crippen LogP contribution in [0.4, 0.5) is 0 Å². The van der Waals surface area contributed by atoms with Crippen LogP contribution in [0.2, 0.25) is 0 Å². The fourth-order valence-corrected chi connectivity index (χ4v) is 0.963. The van der Waals surface area contributed by atoms with Crippen LogP contribution < -0.4 is 5.73 Å². The molecule has 0 spiro atoms. The second-order valence-corrected chi connectivity index (χ2v) is 2.95. The van der Waals surface area contributed by atoms with Gasteiger partial charge >= 0.3 is 0 Å². The largest absolute Gasteiger partial charge is 0.380 e. The lowest BCUT2D eigenvalue weighted by atomic mass is 10.2. The van der Waals surface area contributed by atoms with Gasteiger partial charge in [0.2, 0.25) is 0 Å². The van der Waals surface area contributed by atoms with Gasteiger partial charge < -0.3 is 10.5 Å². The molecular weight excluding hydrogens is 140 g/mol. The molecule has 3 heteroatoms. The fraction of sp³-hybridized carbons (Fsp3) is 1.00.